The van der Waals surface area contributed by atoms with Gasteiger partial charge in [0.2, 0.25) is 10.0 Å². The van der Waals surface area contributed by atoms with Crippen molar-refractivity contribution in [3.05, 3.63) is 30.3 Å². The van der Waals surface area contributed by atoms with E-state index < -0.39 is 10.0 Å². The highest BCUT2D eigenvalue weighted by atomic mass is 32.2. The van der Waals surface area contributed by atoms with Crippen molar-refractivity contribution in [1.29, 1.82) is 0 Å². The summed E-state index contributed by atoms with van der Waals surface area (Å²) >= 11 is 0. The maximum atomic E-state index is 12.0. The lowest BCUT2D eigenvalue weighted by molar-refractivity contribution is 0.337. The van der Waals surface area contributed by atoms with E-state index in [-0.39, 0.29) is 18.4 Å². The molecule has 1 saturated heterocycles. The molecule has 0 radical (unpaired) electrons. The van der Waals surface area contributed by atoms with Crippen LogP contribution in [0.5, 0.6) is 5.75 Å². The number of hydrogen-bond donors (Lipinski definition) is 1. The number of para-hydroxylation sites is 1. The summed E-state index contributed by atoms with van der Waals surface area (Å²) in [6, 6.07) is 9.16. The SMILES string of the molecule is N[C@@H]1CCN(S(=O)(=O)CCOc2ccccc2)C1. The van der Waals surface area contributed by atoms with Crippen molar-refractivity contribution in [3.8, 4) is 5.75 Å². The molecular formula is C12H18N2O3S. The molecule has 1 aliphatic rings. The van der Waals surface area contributed by atoms with E-state index in [2.05, 4.69) is 0 Å². The third-order valence-electron chi connectivity index (χ3n) is 2.93. The molecule has 100 valence electrons. The zero-order valence-corrected chi connectivity index (χ0v) is 11.0. The highest BCUT2D eigenvalue weighted by Crippen LogP contribution is 2.13. The first kappa shape index (κ1) is 13.3. The van der Waals surface area contributed by atoms with Crippen molar-refractivity contribution in [2.45, 2.75) is 12.5 Å². The van der Waals surface area contributed by atoms with E-state index in [1.807, 2.05) is 18.2 Å². The average molecular weight is 270 g/mol. The molecule has 1 fully saturated rings. The minimum absolute atomic E-state index is 0.00534. The molecule has 18 heavy (non-hydrogen) atoms. The van der Waals surface area contributed by atoms with E-state index in [0.717, 1.165) is 6.42 Å². The van der Waals surface area contributed by atoms with E-state index in [1.165, 1.54) is 4.31 Å². The minimum Gasteiger partial charge on any atom is -0.492 e. The Hall–Kier alpha value is -1.11. The van der Waals surface area contributed by atoms with Crippen molar-refractivity contribution in [1.82, 2.24) is 4.31 Å². The number of ether oxygens (including phenoxy) is 1. The summed E-state index contributed by atoms with van der Waals surface area (Å²) in [6.45, 7) is 1.11. The van der Waals surface area contributed by atoms with Gasteiger partial charge in [-0.2, -0.15) is 0 Å². The summed E-state index contributed by atoms with van der Waals surface area (Å²) in [6.07, 6.45) is 0.735. The van der Waals surface area contributed by atoms with Gasteiger partial charge in [-0.05, 0) is 18.6 Å². The number of nitrogens with zero attached hydrogens (tertiary/aromatic N) is 1. The lowest BCUT2D eigenvalue weighted by Gasteiger charge is -2.16. The van der Waals surface area contributed by atoms with Crippen LogP contribution < -0.4 is 10.5 Å². The molecule has 1 aromatic carbocycles. The van der Waals surface area contributed by atoms with Gasteiger partial charge in [0.05, 0.1) is 5.75 Å². The topological polar surface area (TPSA) is 72.6 Å². The van der Waals surface area contributed by atoms with Gasteiger partial charge in [-0.25, -0.2) is 12.7 Å². The van der Waals surface area contributed by atoms with Gasteiger partial charge in [0, 0.05) is 19.1 Å². The van der Waals surface area contributed by atoms with E-state index >= 15 is 0 Å². The summed E-state index contributed by atoms with van der Waals surface area (Å²) in [7, 11) is -3.23. The van der Waals surface area contributed by atoms with Crippen LogP contribution in [0.4, 0.5) is 0 Å². The Labute approximate surface area is 108 Å². The third-order valence-corrected chi connectivity index (χ3v) is 4.74. The molecule has 0 aliphatic carbocycles. The molecule has 0 bridgehead atoms. The summed E-state index contributed by atoms with van der Waals surface area (Å²) in [5.41, 5.74) is 5.70. The molecule has 1 aromatic rings. The number of nitrogens with two attached hydrogens (primary N) is 1. The first-order chi connectivity index (χ1) is 8.58. The smallest absolute Gasteiger partial charge is 0.217 e. The summed E-state index contributed by atoms with van der Waals surface area (Å²) < 4.78 is 30.8. The fourth-order valence-corrected chi connectivity index (χ4v) is 3.27. The van der Waals surface area contributed by atoms with Crippen LogP contribution in [-0.2, 0) is 10.0 Å². The van der Waals surface area contributed by atoms with Gasteiger partial charge in [0.25, 0.3) is 0 Å². The van der Waals surface area contributed by atoms with E-state index in [4.69, 9.17) is 10.5 Å². The standard InChI is InChI=1S/C12H18N2O3S/c13-11-6-7-14(10-11)18(15,16)9-8-17-12-4-2-1-3-5-12/h1-5,11H,6-10,13H2/t11-/m1/s1. The van der Waals surface area contributed by atoms with Crippen LogP contribution in [-0.4, -0.2) is 44.2 Å². The number of rotatable bonds is 5. The second-order valence-electron chi connectivity index (χ2n) is 4.38. The molecule has 2 rings (SSSR count). The van der Waals surface area contributed by atoms with Crippen LogP contribution >= 0.6 is 0 Å². The fraction of sp³-hybridized carbons (Fsp3) is 0.500. The van der Waals surface area contributed by atoms with Crippen LogP contribution in [0.2, 0.25) is 0 Å². The molecule has 0 amide bonds. The van der Waals surface area contributed by atoms with Gasteiger partial charge >= 0.3 is 0 Å². The largest absolute Gasteiger partial charge is 0.492 e. The predicted molar refractivity (Wildman–Crippen MR) is 69.9 cm³/mol. The lowest BCUT2D eigenvalue weighted by atomic mass is 10.3. The molecule has 0 unspecified atom stereocenters. The second-order valence-corrected chi connectivity index (χ2v) is 6.47. The van der Waals surface area contributed by atoms with Crippen LogP contribution in [0.15, 0.2) is 30.3 Å². The second kappa shape index (κ2) is 5.69. The van der Waals surface area contributed by atoms with Crippen LogP contribution in [0.3, 0.4) is 0 Å². The molecular weight excluding hydrogens is 252 g/mol. The highest BCUT2D eigenvalue weighted by molar-refractivity contribution is 7.89. The van der Waals surface area contributed by atoms with Crippen LogP contribution in [0.1, 0.15) is 6.42 Å². The van der Waals surface area contributed by atoms with Gasteiger partial charge < -0.3 is 10.5 Å². The van der Waals surface area contributed by atoms with E-state index in [1.54, 1.807) is 12.1 Å². The Balaban J connectivity index is 1.82. The average Bonchev–Trinajstić information content (AvgIpc) is 2.78. The van der Waals surface area contributed by atoms with Gasteiger partial charge in [0.15, 0.2) is 0 Å². The quantitative estimate of drug-likeness (QED) is 0.842. The third kappa shape index (κ3) is 3.44. The monoisotopic (exact) mass is 270 g/mol. The number of sulfonamides is 1. The first-order valence-corrected chi connectivity index (χ1v) is 7.60. The van der Waals surface area contributed by atoms with Crippen LogP contribution in [0.25, 0.3) is 0 Å². The Kier molecular flexibility index (Phi) is 4.21. The highest BCUT2D eigenvalue weighted by Gasteiger charge is 2.29. The molecule has 6 heteroatoms. The molecule has 0 aromatic heterocycles. The summed E-state index contributed by atoms with van der Waals surface area (Å²) in [5, 5.41) is 0. The Morgan fingerprint density at radius 1 is 1.33 bits per heavy atom. The van der Waals surface area contributed by atoms with Crippen molar-refractivity contribution >= 4 is 10.0 Å². The van der Waals surface area contributed by atoms with Crippen molar-refractivity contribution < 1.29 is 13.2 Å². The Morgan fingerprint density at radius 3 is 2.67 bits per heavy atom. The Morgan fingerprint density at radius 2 is 2.06 bits per heavy atom. The number of benzene rings is 1. The molecule has 0 spiro atoms. The first-order valence-electron chi connectivity index (χ1n) is 5.99. The van der Waals surface area contributed by atoms with Crippen molar-refractivity contribution in [2.24, 2.45) is 5.73 Å². The maximum absolute atomic E-state index is 12.0. The molecule has 2 N–H and O–H groups in total. The molecule has 5 nitrogen and oxygen atoms in total. The minimum atomic E-state index is -3.23. The molecule has 0 saturated carbocycles. The Bertz CT molecular complexity index is 475. The van der Waals surface area contributed by atoms with E-state index in [9.17, 15) is 8.42 Å². The van der Waals surface area contributed by atoms with Gasteiger partial charge in [-0.3, -0.25) is 0 Å². The fourth-order valence-electron chi connectivity index (χ4n) is 1.92. The summed E-state index contributed by atoms with van der Waals surface area (Å²) in [4.78, 5) is 0. The number of hydrogen-bond acceptors (Lipinski definition) is 4. The van der Waals surface area contributed by atoms with Gasteiger partial charge in [0.1, 0.15) is 12.4 Å². The molecule has 1 heterocycles. The van der Waals surface area contributed by atoms with Crippen molar-refractivity contribution in [2.75, 3.05) is 25.4 Å². The van der Waals surface area contributed by atoms with Gasteiger partial charge in [-0.1, -0.05) is 18.2 Å². The van der Waals surface area contributed by atoms with Crippen molar-refractivity contribution in [3.63, 3.8) is 0 Å². The maximum Gasteiger partial charge on any atom is 0.217 e. The molecule has 1 atom stereocenters. The zero-order chi connectivity index (χ0) is 13.0. The lowest BCUT2D eigenvalue weighted by Crippen LogP contribution is -2.35. The predicted octanol–water partition coefficient (Wildman–Crippen LogP) is 0.428. The zero-order valence-electron chi connectivity index (χ0n) is 10.2. The van der Waals surface area contributed by atoms with Gasteiger partial charge in [-0.15, -0.1) is 0 Å². The molecule has 1 aliphatic heterocycles. The van der Waals surface area contributed by atoms with E-state index in [0.29, 0.717) is 18.8 Å². The van der Waals surface area contributed by atoms with Crippen LogP contribution in [0, 0.1) is 0 Å². The normalized spacial score (nSPS) is 21.1. The summed E-state index contributed by atoms with van der Waals surface area (Å²) in [5.74, 6) is 0.681.